The van der Waals surface area contributed by atoms with Crippen LogP contribution >= 0.6 is 12.2 Å². The van der Waals surface area contributed by atoms with Crippen molar-refractivity contribution in [2.45, 2.75) is 45.6 Å². The Labute approximate surface area is 90.5 Å². The fourth-order valence-corrected chi connectivity index (χ4v) is 1.65. The molecular weight excluding hydrogens is 194 g/mol. The van der Waals surface area contributed by atoms with E-state index in [2.05, 4.69) is 17.1 Å². The Kier molecular flexibility index (Phi) is 4.87. The van der Waals surface area contributed by atoms with Crippen molar-refractivity contribution in [1.29, 1.82) is 0 Å². The molecule has 78 valence electrons. The van der Waals surface area contributed by atoms with Gasteiger partial charge in [-0.2, -0.15) is 5.10 Å². The Morgan fingerprint density at radius 1 is 1.36 bits per heavy atom. The number of nitrogens with zero attached hydrogens (tertiary/aromatic N) is 2. The second-order valence-corrected chi connectivity index (χ2v) is 3.84. The Hall–Kier alpha value is -0.640. The van der Waals surface area contributed by atoms with Crippen LogP contribution in [0.15, 0.2) is 0 Å². The van der Waals surface area contributed by atoms with Gasteiger partial charge in [0.2, 0.25) is 0 Å². The topological polar surface area (TPSA) is 33.6 Å². The van der Waals surface area contributed by atoms with Crippen LogP contribution in [0.3, 0.4) is 0 Å². The first-order valence-electron chi connectivity index (χ1n) is 5.16. The summed E-state index contributed by atoms with van der Waals surface area (Å²) < 4.78 is 2.47. The highest BCUT2D eigenvalue weighted by atomic mass is 32.1. The van der Waals surface area contributed by atoms with Gasteiger partial charge in [-0.15, -0.1) is 0 Å². The molecule has 14 heavy (non-hydrogen) atoms. The molecule has 0 spiro atoms. The SMILES string of the molecule is [CH]c1n[nH]c(=S)n1CCCCCCC. The molecule has 4 heteroatoms. The van der Waals surface area contributed by atoms with E-state index >= 15 is 0 Å². The van der Waals surface area contributed by atoms with Crippen molar-refractivity contribution in [3.63, 3.8) is 0 Å². The van der Waals surface area contributed by atoms with Crippen molar-refractivity contribution < 1.29 is 0 Å². The zero-order valence-electron chi connectivity index (χ0n) is 8.62. The number of aromatic nitrogens is 3. The maximum atomic E-state index is 5.64. The van der Waals surface area contributed by atoms with Crippen molar-refractivity contribution in [3.05, 3.63) is 17.5 Å². The number of hydrogen-bond donors (Lipinski definition) is 1. The molecule has 3 nitrogen and oxygen atoms in total. The van der Waals surface area contributed by atoms with Crippen molar-refractivity contribution in [1.82, 2.24) is 14.8 Å². The molecule has 2 radical (unpaired) electrons. The van der Waals surface area contributed by atoms with Crippen LogP contribution in [-0.4, -0.2) is 14.8 Å². The number of nitrogens with one attached hydrogen (secondary N) is 1. The third-order valence-corrected chi connectivity index (χ3v) is 2.58. The van der Waals surface area contributed by atoms with Crippen molar-refractivity contribution in [2.75, 3.05) is 0 Å². The number of unbranched alkanes of at least 4 members (excludes halogenated alkanes) is 4. The molecule has 0 saturated carbocycles. The summed E-state index contributed by atoms with van der Waals surface area (Å²) in [6.45, 7) is 8.73. The largest absolute Gasteiger partial charge is 0.304 e. The molecule has 0 amide bonds. The highest BCUT2D eigenvalue weighted by molar-refractivity contribution is 7.71. The Bertz CT molecular complexity index is 313. The molecule has 0 atom stereocenters. The Balaban J connectivity index is 2.28. The van der Waals surface area contributed by atoms with Crippen LogP contribution in [-0.2, 0) is 6.54 Å². The number of rotatable bonds is 6. The third kappa shape index (κ3) is 3.25. The molecule has 0 aliphatic carbocycles. The molecule has 1 rings (SSSR count). The minimum absolute atomic E-state index is 0.491. The highest BCUT2D eigenvalue weighted by Crippen LogP contribution is 2.05. The van der Waals surface area contributed by atoms with Crippen LogP contribution in [0.5, 0.6) is 0 Å². The molecule has 0 aliphatic rings. The zero-order valence-corrected chi connectivity index (χ0v) is 9.44. The fraction of sp³-hybridized carbons (Fsp3) is 0.700. The van der Waals surface area contributed by atoms with Crippen LogP contribution in [0, 0.1) is 11.7 Å². The second kappa shape index (κ2) is 5.96. The summed E-state index contributed by atoms with van der Waals surface area (Å²) in [4.78, 5) is 0. The van der Waals surface area contributed by atoms with Crippen LogP contribution in [0.4, 0.5) is 0 Å². The lowest BCUT2D eigenvalue weighted by atomic mass is 10.1. The average molecular weight is 211 g/mol. The molecular formula is C10H17N3S. The molecule has 0 aromatic carbocycles. The van der Waals surface area contributed by atoms with E-state index in [1.54, 1.807) is 0 Å². The van der Waals surface area contributed by atoms with Gasteiger partial charge in [0.15, 0.2) is 4.77 Å². The molecule has 1 aromatic heterocycles. The molecule has 1 heterocycles. The third-order valence-electron chi connectivity index (χ3n) is 2.27. The number of H-pyrrole nitrogens is 1. The number of hydrogen-bond acceptors (Lipinski definition) is 2. The van der Waals surface area contributed by atoms with Gasteiger partial charge in [0.05, 0.1) is 0 Å². The van der Waals surface area contributed by atoms with E-state index in [9.17, 15) is 0 Å². The molecule has 0 saturated heterocycles. The summed E-state index contributed by atoms with van der Waals surface area (Å²) in [6.07, 6.45) is 6.24. The van der Waals surface area contributed by atoms with E-state index in [0.29, 0.717) is 10.6 Å². The van der Waals surface area contributed by atoms with Gasteiger partial charge in [0.25, 0.3) is 0 Å². The van der Waals surface area contributed by atoms with Crippen molar-refractivity contribution in [2.24, 2.45) is 0 Å². The fourth-order valence-electron chi connectivity index (χ4n) is 1.42. The van der Waals surface area contributed by atoms with Gasteiger partial charge in [-0.3, -0.25) is 5.10 Å². The lowest BCUT2D eigenvalue weighted by Gasteiger charge is -2.03. The molecule has 1 N–H and O–H groups in total. The maximum absolute atomic E-state index is 5.64. The van der Waals surface area contributed by atoms with Gasteiger partial charge in [-0.1, -0.05) is 32.6 Å². The van der Waals surface area contributed by atoms with E-state index in [1.165, 1.54) is 25.7 Å². The first-order valence-corrected chi connectivity index (χ1v) is 5.57. The standard InChI is InChI=1S/C10H17N3S/c1-3-4-5-6-7-8-13-9(2)11-12-10(13)14/h2H,3-8H2,1H3,(H,12,14). The maximum Gasteiger partial charge on any atom is 0.195 e. The predicted molar refractivity (Wildman–Crippen MR) is 59.6 cm³/mol. The zero-order chi connectivity index (χ0) is 10.4. The Morgan fingerprint density at radius 3 is 2.64 bits per heavy atom. The minimum atomic E-state index is 0.491. The highest BCUT2D eigenvalue weighted by Gasteiger charge is 1.99. The molecule has 0 unspecified atom stereocenters. The van der Waals surface area contributed by atoms with E-state index in [0.717, 1.165) is 13.0 Å². The first kappa shape index (κ1) is 11.4. The first-order chi connectivity index (χ1) is 6.75. The normalized spacial score (nSPS) is 10.7. The molecule has 0 bridgehead atoms. The summed E-state index contributed by atoms with van der Waals surface area (Å²) in [5.41, 5.74) is 0. The number of aromatic amines is 1. The van der Waals surface area contributed by atoms with E-state index in [-0.39, 0.29) is 0 Å². The second-order valence-electron chi connectivity index (χ2n) is 3.45. The van der Waals surface area contributed by atoms with E-state index in [1.807, 2.05) is 4.57 Å². The van der Waals surface area contributed by atoms with Gasteiger partial charge < -0.3 is 4.57 Å². The molecule has 0 fully saturated rings. The molecule has 1 aromatic rings. The van der Waals surface area contributed by atoms with Crippen LogP contribution in [0.1, 0.15) is 44.9 Å². The summed E-state index contributed by atoms with van der Waals surface area (Å²) >= 11 is 5.04. The summed E-state index contributed by atoms with van der Waals surface area (Å²) in [5, 5.41) is 6.53. The average Bonchev–Trinajstić information content (AvgIpc) is 2.48. The smallest absolute Gasteiger partial charge is 0.195 e. The van der Waals surface area contributed by atoms with Crippen LogP contribution in [0.25, 0.3) is 0 Å². The lowest BCUT2D eigenvalue weighted by molar-refractivity contribution is 0.560. The quantitative estimate of drug-likeness (QED) is 0.579. The van der Waals surface area contributed by atoms with Gasteiger partial charge >= 0.3 is 0 Å². The van der Waals surface area contributed by atoms with Crippen LogP contribution in [0.2, 0.25) is 0 Å². The van der Waals surface area contributed by atoms with Gasteiger partial charge in [-0.05, 0) is 18.6 Å². The van der Waals surface area contributed by atoms with Crippen molar-refractivity contribution in [3.8, 4) is 0 Å². The minimum Gasteiger partial charge on any atom is -0.304 e. The lowest BCUT2D eigenvalue weighted by Crippen LogP contribution is -2.00. The molecule has 0 aliphatic heterocycles. The Morgan fingerprint density at radius 2 is 2.07 bits per heavy atom. The monoisotopic (exact) mass is 211 g/mol. The van der Waals surface area contributed by atoms with Gasteiger partial charge in [0.1, 0.15) is 5.82 Å². The van der Waals surface area contributed by atoms with Crippen molar-refractivity contribution >= 4 is 12.2 Å². The summed E-state index contributed by atoms with van der Waals surface area (Å²) in [7, 11) is 0. The van der Waals surface area contributed by atoms with Crippen LogP contribution < -0.4 is 0 Å². The van der Waals surface area contributed by atoms with E-state index in [4.69, 9.17) is 19.1 Å². The summed E-state index contributed by atoms with van der Waals surface area (Å²) in [5.74, 6) is 0.491. The van der Waals surface area contributed by atoms with E-state index < -0.39 is 0 Å². The predicted octanol–water partition coefficient (Wildman–Crippen LogP) is 2.97. The van der Waals surface area contributed by atoms with Gasteiger partial charge in [-0.25, -0.2) is 0 Å². The van der Waals surface area contributed by atoms with Gasteiger partial charge in [0, 0.05) is 13.5 Å². The summed E-state index contributed by atoms with van der Waals surface area (Å²) in [6, 6.07) is 0.